The van der Waals surface area contributed by atoms with E-state index in [1.54, 1.807) is 19.2 Å². The van der Waals surface area contributed by atoms with E-state index in [1.165, 1.54) is 0 Å². The van der Waals surface area contributed by atoms with Gasteiger partial charge in [0.2, 0.25) is 10.0 Å². The summed E-state index contributed by atoms with van der Waals surface area (Å²) in [6.07, 6.45) is 4.27. The molecule has 0 bridgehead atoms. The lowest BCUT2D eigenvalue weighted by Gasteiger charge is -2.29. The van der Waals surface area contributed by atoms with Crippen molar-refractivity contribution >= 4 is 10.0 Å². The number of aryl methyl sites for hydroxylation is 1. The molecule has 0 aromatic heterocycles. The predicted molar refractivity (Wildman–Crippen MR) is 112 cm³/mol. The van der Waals surface area contributed by atoms with Gasteiger partial charge in [-0.05, 0) is 56.1 Å². The molecular weight excluding hydrogens is 372 g/mol. The lowest BCUT2D eigenvalue weighted by atomic mass is 10.0. The van der Waals surface area contributed by atoms with Crippen molar-refractivity contribution < 1.29 is 13.2 Å². The van der Waals surface area contributed by atoms with Gasteiger partial charge in [-0.3, -0.25) is 4.90 Å². The number of benzene rings is 2. The second-order valence-electron chi connectivity index (χ2n) is 7.25. The zero-order valence-electron chi connectivity index (χ0n) is 16.7. The maximum absolute atomic E-state index is 12.8. The van der Waals surface area contributed by atoms with E-state index in [0.717, 1.165) is 55.6 Å². The van der Waals surface area contributed by atoms with Gasteiger partial charge in [-0.15, -0.1) is 0 Å². The van der Waals surface area contributed by atoms with Crippen LogP contribution in [0.4, 0.5) is 0 Å². The van der Waals surface area contributed by atoms with Gasteiger partial charge in [-0.2, -0.15) is 0 Å². The van der Waals surface area contributed by atoms with Gasteiger partial charge in [0, 0.05) is 12.1 Å². The Hall–Kier alpha value is -1.89. The molecule has 1 aliphatic heterocycles. The summed E-state index contributed by atoms with van der Waals surface area (Å²) in [4.78, 5) is 2.65. The fourth-order valence-electron chi connectivity index (χ4n) is 3.83. The minimum absolute atomic E-state index is 0.0483. The highest BCUT2D eigenvalue weighted by Gasteiger charge is 2.27. The van der Waals surface area contributed by atoms with Gasteiger partial charge in [-0.25, -0.2) is 13.1 Å². The molecule has 2 aromatic rings. The fourth-order valence-corrected chi connectivity index (χ4v) is 4.86. The molecule has 1 heterocycles. The smallest absolute Gasteiger partial charge is 0.240 e. The van der Waals surface area contributed by atoms with Crippen LogP contribution in [-0.4, -0.2) is 40.1 Å². The summed E-state index contributed by atoms with van der Waals surface area (Å²) in [6, 6.07) is 15.0. The third-order valence-electron chi connectivity index (χ3n) is 5.32. The molecule has 3 rings (SSSR count). The average molecular weight is 403 g/mol. The molecule has 0 saturated carbocycles. The average Bonchev–Trinajstić information content (AvgIpc) is 3.24. The first-order valence-corrected chi connectivity index (χ1v) is 11.5. The van der Waals surface area contributed by atoms with Gasteiger partial charge in [0.1, 0.15) is 5.75 Å². The lowest BCUT2D eigenvalue weighted by molar-refractivity contribution is 0.240. The molecule has 0 spiro atoms. The van der Waals surface area contributed by atoms with Crippen LogP contribution in [-0.2, 0) is 16.4 Å². The molecule has 28 heavy (non-hydrogen) atoms. The van der Waals surface area contributed by atoms with Crippen molar-refractivity contribution in [2.75, 3.05) is 26.7 Å². The summed E-state index contributed by atoms with van der Waals surface area (Å²) < 4.78 is 34.1. The SMILES string of the molecule is CCCc1ccc(S(=O)(=O)NCC(c2ccccc2OC)N2CCCC2)cc1. The summed E-state index contributed by atoms with van der Waals surface area (Å²) >= 11 is 0. The topological polar surface area (TPSA) is 58.6 Å². The summed E-state index contributed by atoms with van der Waals surface area (Å²) in [7, 11) is -1.91. The largest absolute Gasteiger partial charge is 0.496 e. The van der Waals surface area contributed by atoms with Crippen molar-refractivity contribution in [1.82, 2.24) is 9.62 Å². The molecule has 0 amide bonds. The first-order valence-electron chi connectivity index (χ1n) is 10.0. The molecule has 1 aliphatic rings. The Bertz CT molecular complexity index is 860. The van der Waals surface area contributed by atoms with Gasteiger partial charge in [0.25, 0.3) is 0 Å². The Morgan fingerprint density at radius 3 is 2.39 bits per heavy atom. The van der Waals surface area contributed by atoms with E-state index < -0.39 is 10.0 Å². The molecule has 5 nitrogen and oxygen atoms in total. The monoisotopic (exact) mass is 402 g/mol. The second-order valence-corrected chi connectivity index (χ2v) is 9.01. The van der Waals surface area contributed by atoms with Crippen LogP contribution in [0.3, 0.4) is 0 Å². The van der Waals surface area contributed by atoms with Gasteiger partial charge in [0.15, 0.2) is 0 Å². The highest BCUT2D eigenvalue weighted by molar-refractivity contribution is 7.89. The van der Waals surface area contributed by atoms with Crippen LogP contribution in [0.5, 0.6) is 5.75 Å². The highest BCUT2D eigenvalue weighted by Crippen LogP contribution is 2.31. The van der Waals surface area contributed by atoms with Crippen molar-refractivity contribution in [3.63, 3.8) is 0 Å². The van der Waals surface area contributed by atoms with E-state index in [-0.39, 0.29) is 6.04 Å². The fraction of sp³-hybridized carbons (Fsp3) is 0.455. The lowest BCUT2D eigenvalue weighted by Crippen LogP contribution is -2.37. The number of nitrogens with one attached hydrogen (secondary N) is 1. The van der Waals surface area contributed by atoms with E-state index >= 15 is 0 Å². The van der Waals surface area contributed by atoms with Gasteiger partial charge < -0.3 is 4.74 Å². The first kappa shape index (κ1) is 20.8. The Morgan fingerprint density at radius 1 is 1.07 bits per heavy atom. The van der Waals surface area contributed by atoms with Crippen LogP contribution in [0, 0.1) is 0 Å². The minimum Gasteiger partial charge on any atom is -0.496 e. The predicted octanol–water partition coefficient (Wildman–Crippen LogP) is 3.76. The molecule has 0 radical (unpaired) electrons. The number of para-hydroxylation sites is 1. The maximum Gasteiger partial charge on any atom is 0.240 e. The molecule has 1 N–H and O–H groups in total. The van der Waals surface area contributed by atoms with Crippen LogP contribution >= 0.6 is 0 Å². The molecule has 1 unspecified atom stereocenters. The zero-order chi connectivity index (χ0) is 20.0. The number of rotatable bonds is 9. The van der Waals surface area contributed by atoms with E-state index in [0.29, 0.717) is 11.4 Å². The van der Waals surface area contributed by atoms with E-state index in [4.69, 9.17) is 4.74 Å². The first-order chi connectivity index (χ1) is 13.5. The number of sulfonamides is 1. The Morgan fingerprint density at radius 2 is 1.75 bits per heavy atom. The van der Waals surface area contributed by atoms with Crippen LogP contribution in [0.15, 0.2) is 53.4 Å². The van der Waals surface area contributed by atoms with Crippen LogP contribution < -0.4 is 9.46 Å². The summed E-state index contributed by atoms with van der Waals surface area (Å²) in [5, 5.41) is 0. The van der Waals surface area contributed by atoms with Crippen LogP contribution in [0.25, 0.3) is 0 Å². The van der Waals surface area contributed by atoms with E-state index in [2.05, 4.69) is 16.5 Å². The number of nitrogens with zero attached hydrogens (tertiary/aromatic N) is 1. The summed E-state index contributed by atoms with van der Waals surface area (Å²) in [5.74, 6) is 0.794. The Balaban J connectivity index is 1.79. The van der Waals surface area contributed by atoms with Crippen molar-refractivity contribution in [1.29, 1.82) is 0 Å². The van der Waals surface area contributed by atoms with Crippen molar-refractivity contribution in [2.45, 2.75) is 43.5 Å². The Kier molecular flexibility index (Phi) is 7.10. The molecule has 2 aromatic carbocycles. The third kappa shape index (κ3) is 4.93. The highest BCUT2D eigenvalue weighted by atomic mass is 32.2. The van der Waals surface area contributed by atoms with Crippen molar-refractivity contribution in [3.8, 4) is 5.75 Å². The second kappa shape index (κ2) is 9.54. The molecular formula is C22H30N2O3S. The summed E-state index contributed by atoms with van der Waals surface area (Å²) in [6.45, 7) is 4.37. The summed E-state index contributed by atoms with van der Waals surface area (Å²) in [5.41, 5.74) is 2.18. The number of ether oxygens (including phenoxy) is 1. The molecule has 1 saturated heterocycles. The van der Waals surface area contributed by atoms with Gasteiger partial charge >= 0.3 is 0 Å². The van der Waals surface area contributed by atoms with E-state index in [1.807, 2.05) is 36.4 Å². The van der Waals surface area contributed by atoms with Crippen LogP contribution in [0.1, 0.15) is 43.4 Å². The zero-order valence-corrected chi connectivity index (χ0v) is 17.5. The standard InChI is InChI=1S/C22H30N2O3S/c1-3-8-18-11-13-19(14-12-18)28(25,26)23-17-21(24-15-6-7-16-24)20-9-4-5-10-22(20)27-2/h4-5,9-14,21,23H,3,6-8,15-17H2,1-2H3. The normalized spacial score (nSPS) is 16.2. The molecule has 6 heteroatoms. The Labute approximate surface area is 168 Å². The maximum atomic E-state index is 12.8. The van der Waals surface area contributed by atoms with Gasteiger partial charge in [0.05, 0.1) is 18.0 Å². The van der Waals surface area contributed by atoms with E-state index in [9.17, 15) is 8.42 Å². The van der Waals surface area contributed by atoms with Crippen molar-refractivity contribution in [3.05, 3.63) is 59.7 Å². The number of hydrogen-bond acceptors (Lipinski definition) is 4. The number of methoxy groups -OCH3 is 1. The van der Waals surface area contributed by atoms with Crippen molar-refractivity contribution in [2.24, 2.45) is 0 Å². The minimum atomic E-state index is -3.56. The molecule has 1 fully saturated rings. The quantitative estimate of drug-likeness (QED) is 0.694. The van der Waals surface area contributed by atoms with Crippen LogP contribution in [0.2, 0.25) is 0 Å². The molecule has 152 valence electrons. The molecule has 0 aliphatic carbocycles. The number of likely N-dealkylation sites (tertiary alicyclic amines) is 1. The molecule has 1 atom stereocenters. The third-order valence-corrected chi connectivity index (χ3v) is 6.76. The number of hydrogen-bond donors (Lipinski definition) is 1. The van der Waals surface area contributed by atoms with Gasteiger partial charge in [-0.1, -0.05) is 43.7 Å².